The zero-order valence-electron chi connectivity index (χ0n) is 35.1. The monoisotopic (exact) mass is 835 g/mol. The summed E-state index contributed by atoms with van der Waals surface area (Å²) in [6.45, 7) is 3.24. The Morgan fingerprint density at radius 1 is 0.544 bits per heavy atom. The minimum absolute atomic E-state index is 0.00623. The molecule has 1 fully saturated rings. The molecular formula is C43H79O13P. The van der Waals surface area contributed by atoms with Crippen LogP contribution in [0.5, 0.6) is 0 Å². The lowest BCUT2D eigenvalue weighted by molar-refractivity contribution is -0.220. The lowest BCUT2D eigenvalue weighted by Crippen LogP contribution is -2.64. The number of phosphoric ester groups is 1. The van der Waals surface area contributed by atoms with Crippen LogP contribution in [0.2, 0.25) is 0 Å². The lowest BCUT2D eigenvalue weighted by atomic mass is 9.85. The summed E-state index contributed by atoms with van der Waals surface area (Å²) in [4.78, 5) is 35.6. The van der Waals surface area contributed by atoms with Gasteiger partial charge in [0.2, 0.25) is 0 Å². The van der Waals surface area contributed by atoms with Crippen molar-refractivity contribution in [3.63, 3.8) is 0 Å². The van der Waals surface area contributed by atoms with Crippen LogP contribution in [0, 0.1) is 0 Å². The van der Waals surface area contributed by atoms with E-state index in [1.54, 1.807) is 0 Å². The molecule has 0 radical (unpaired) electrons. The van der Waals surface area contributed by atoms with Crippen LogP contribution >= 0.6 is 7.82 Å². The molecule has 14 heteroatoms. The van der Waals surface area contributed by atoms with Gasteiger partial charge in [-0.05, 0) is 32.1 Å². The maximum Gasteiger partial charge on any atom is 0.472 e. The smallest absolute Gasteiger partial charge is 0.462 e. The van der Waals surface area contributed by atoms with Crippen molar-refractivity contribution < 1.29 is 63.1 Å². The molecule has 13 nitrogen and oxygen atoms in total. The normalized spacial score (nSPS) is 22.9. The third-order valence-electron chi connectivity index (χ3n) is 10.3. The molecule has 0 aromatic heterocycles. The number of hydrogen-bond donors (Lipinski definition) is 6. The van der Waals surface area contributed by atoms with E-state index in [-0.39, 0.29) is 12.8 Å². The number of aliphatic hydroxyl groups is 5. The quantitative estimate of drug-likeness (QED) is 0.0153. The summed E-state index contributed by atoms with van der Waals surface area (Å²) in [6.07, 6.45) is 22.6. The van der Waals surface area contributed by atoms with E-state index in [1.807, 2.05) is 12.2 Å². The molecule has 1 saturated carbocycles. The van der Waals surface area contributed by atoms with Crippen LogP contribution < -0.4 is 0 Å². The molecule has 1 rings (SSSR count). The highest BCUT2D eigenvalue weighted by Gasteiger charge is 2.51. The Labute approximate surface area is 343 Å². The molecule has 8 atom stereocenters. The number of hydrogen-bond acceptors (Lipinski definition) is 12. The van der Waals surface area contributed by atoms with Gasteiger partial charge in [-0.2, -0.15) is 0 Å². The lowest BCUT2D eigenvalue weighted by Gasteiger charge is -2.41. The number of allylic oxidation sites excluding steroid dienone is 4. The van der Waals surface area contributed by atoms with E-state index < -0.39 is 75.7 Å². The van der Waals surface area contributed by atoms with Gasteiger partial charge in [0.15, 0.2) is 6.10 Å². The molecule has 57 heavy (non-hydrogen) atoms. The number of esters is 2. The number of rotatable bonds is 36. The summed E-state index contributed by atoms with van der Waals surface area (Å²) in [7, 11) is -5.12. The van der Waals surface area contributed by atoms with E-state index in [9.17, 15) is 44.6 Å². The van der Waals surface area contributed by atoms with Gasteiger partial charge >= 0.3 is 19.8 Å². The number of phosphoric acid groups is 1. The van der Waals surface area contributed by atoms with Crippen LogP contribution in [0.1, 0.15) is 181 Å². The number of unbranched alkanes of at least 4 members (excludes halogenated alkanes) is 20. The second kappa shape index (κ2) is 34.1. The first-order valence-electron chi connectivity index (χ1n) is 22.1. The minimum atomic E-state index is -5.12. The van der Waals surface area contributed by atoms with E-state index in [1.165, 1.54) is 109 Å². The third kappa shape index (κ3) is 26.9. The highest BCUT2D eigenvalue weighted by molar-refractivity contribution is 7.47. The van der Waals surface area contributed by atoms with Crippen LogP contribution in [-0.2, 0) is 32.7 Å². The zero-order valence-corrected chi connectivity index (χ0v) is 36.0. The van der Waals surface area contributed by atoms with Gasteiger partial charge in [-0.1, -0.05) is 160 Å². The van der Waals surface area contributed by atoms with E-state index in [4.69, 9.17) is 18.5 Å². The summed E-state index contributed by atoms with van der Waals surface area (Å²) in [5, 5.41) is 50.0. The second-order valence-electron chi connectivity index (χ2n) is 15.6. The second-order valence-corrected chi connectivity index (χ2v) is 17.0. The zero-order chi connectivity index (χ0) is 42.2. The first-order valence-corrected chi connectivity index (χ1v) is 23.6. The maximum absolute atomic E-state index is 12.8. The topological polar surface area (TPSA) is 210 Å². The average Bonchev–Trinajstić information content (AvgIpc) is 3.19. The molecule has 1 aliphatic carbocycles. The molecule has 0 aliphatic heterocycles. The van der Waals surface area contributed by atoms with Crippen molar-refractivity contribution in [2.45, 2.75) is 224 Å². The number of aliphatic hydroxyl groups excluding tert-OH is 5. The largest absolute Gasteiger partial charge is 0.472 e. The van der Waals surface area contributed by atoms with Gasteiger partial charge in [0.1, 0.15) is 43.2 Å². The molecule has 0 aromatic carbocycles. The fraction of sp³-hybridized carbons (Fsp3) is 0.860. The number of carbonyl (C=O) groups excluding carboxylic acids is 2. The summed E-state index contributed by atoms with van der Waals surface area (Å²) in [6, 6.07) is 0. The van der Waals surface area contributed by atoms with E-state index in [0.29, 0.717) is 12.8 Å². The van der Waals surface area contributed by atoms with Gasteiger partial charge in [-0.3, -0.25) is 18.6 Å². The molecule has 0 amide bonds. The first-order chi connectivity index (χ1) is 27.4. The van der Waals surface area contributed by atoms with Gasteiger partial charge in [-0.25, -0.2) is 4.57 Å². The van der Waals surface area contributed by atoms with Crippen LogP contribution in [0.15, 0.2) is 24.3 Å². The molecule has 0 heterocycles. The fourth-order valence-corrected chi connectivity index (χ4v) is 7.67. The molecule has 6 N–H and O–H groups in total. The van der Waals surface area contributed by atoms with Crippen LogP contribution in [-0.4, -0.2) is 98.3 Å². The number of ether oxygens (including phenoxy) is 2. The Hall–Kier alpha value is -1.67. The SMILES string of the molecule is CCCCCCCCCC/C=C\C/C=C\CCC(=O)OC(COC(=O)CCCCCCCCCCCCCCC)COP(=O)(O)OC1[C@H](O)[C@H](O)C(O)[C@H](O)[C@H]1O. The van der Waals surface area contributed by atoms with Crippen molar-refractivity contribution in [2.75, 3.05) is 13.2 Å². The fourth-order valence-electron chi connectivity index (χ4n) is 6.69. The van der Waals surface area contributed by atoms with Crippen LogP contribution in [0.4, 0.5) is 0 Å². The van der Waals surface area contributed by atoms with Crippen LogP contribution in [0.25, 0.3) is 0 Å². The molecule has 0 aromatic rings. The van der Waals surface area contributed by atoms with E-state index >= 15 is 0 Å². The van der Waals surface area contributed by atoms with Gasteiger partial charge in [0.05, 0.1) is 6.61 Å². The molecule has 4 unspecified atom stereocenters. The molecule has 0 saturated heterocycles. The van der Waals surface area contributed by atoms with Crippen molar-refractivity contribution in [3.8, 4) is 0 Å². The Balaban J connectivity index is 2.52. The predicted molar refractivity (Wildman–Crippen MR) is 221 cm³/mol. The summed E-state index contributed by atoms with van der Waals surface area (Å²) in [5.74, 6) is -1.17. The Morgan fingerprint density at radius 3 is 1.49 bits per heavy atom. The predicted octanol–water partition coefficient (Wildman–Crippen LogP) is 8.06. The highest BCUT2D eigenvalue weighted by atomic mass is 31.2. The van der Waals surface area contributed by atoms with Gasteiger partial charge in [-0.15, -0.1) is 0 Å². The molecular weight excluding hydrogens is 755 g/mol. The summed E-state index contributed by atoms with van der Waals surface area (Å²) in [5.41, 5.74) is 0. The van der Waals surface area contributed by atoms with Crippen molar-refractivity contribution in [1.29, 1.82) is 0 Å². The Morgan fingerprint density at radius 2 is 0.982 bits per heavy atom. The summed E-state index contributed by atoms with van der Waals surface area (Å²) >= 11 is 0. The minimum Gasteiger partial charge on any atom is -0.462 e. The average molecular weight is 835 g/mol. The van der Waals surface area contributed by atoms with Crippen LogP contribution in [0.3, 0.4) is 0 Å². The van der Waals surface area contributed by atoms with Gasteiger partial charge < -0.3 is 39.9 Å². The number of carbonyl (C=O) groups is 2. The molecule has 334 valence electrons. The third-order valence-corrected chi connectivity index (χ3v) is 11.3. The van der Waals surface area contributed by atoms with E-state index in [2.05, 4.69) is 26.0 Å². The Kier molecular flexibility index (Phi) is 31.9. The first kappa shape index (κ1) is 53.3. The standard InChI is InChI=1S/C43H79O13P/c1-3-5-7-9-11-13-15-17-18-20-22-24-26-28-30-32-37(45)55-35(34-54-57(51,52)56-43-41(49)39(47)38(46)40(48)42(43)50)33-53-36(44)31-29-27-25-23-21-19-16-14-12-10-8-6-4-2/h20,22,26,28,35,38-43,46-50H,3-19,21,23-25,27,29-34H2,1-2H3,(H,51,52)/b22-20-,28-26-/t35?,38?,39-,40+,41-,42-,43?/m1/s1. The van der Waals surface area contributed by atoms with Crippen molar-refractivity contribution in [3.05, 3.63) is 24.3 Å². The summed E-state index contributed by atoms with van der Waals surface area (Å²) < 4.78 is 33.4. The Bertz CT molecular complexity index is 1100. The van der Waals surface area contributed by atoms with E-state index in [0.717, 1.165) is 32.1 Å². The van der Waals surface area contributed by atoms with Crippen molar-refractivity contribution in [1.82, 2.24) is 0 Å². The highest BCUT2D eigenvalue weighted by Crippen LogP contribution is 2.47. The molecule has 1 aliphatic rings. The van der Waals surface area contributed by atoms with Gasteiger partial charge in [0, 0.05) is 12.8 Å². The van der Waals surface area contributed by atoms with Crippen molar-refractivity contribution in [2.24, 2.45) is 0 Å². The maximum atomic E-state index is 12.8. The van der Waals surface area contributed by atoms with Crippen molar-refractivity contribution >= 4 is 19.8 Å². The molecule has 0 spiro atoms. The molecule has 0 bridgehead atoms. The van der Waals surface area contributed by atoms with Gasteiger partial charge in [0.25, 0.3) is 0 Å².